The van der Waals surface area contributed by atoms with Crippen LogP contribution < -0.4 is 10.6 Å². The molecule has 1 aromatic carbocycles. The Morgan fingerprint density at radius 1 is 1.05 bits per heavy atom. The largest absolute Gasteiger partial charge is 0.338 e. The molecule has 1 aliphatic rings. The summed E-state index contributed by atoms with van der Waals surface area (Å²) in [7, 11) is 0. The van der Waals surface area contributed by atoms with Gasteiger partial charge in [-0.3, -0.25) is 0 Å². The molecule has 0 saturated carbocycles. The molecule has 1 fully saturated rings. The third-order valence-corrected chi connectivity index (χ3v) is 3.67. The van der Waals surface area contributed by atoms with Crippen LogP contribution in [0.25, 0.3) is 0 Å². The van der Waals surface area contributed by atoms with Crippen LogP contribution in [0.3, 0.4) is 0 Å². The van der Waals surface area contributed by atoms with Crippen molar-refractivity contribution in [1.82, 2.24) is 10.2 Å². The first kappa shape index (κ1) is 14.9. The lowest BCUT2D eigenvalue weighted by Crippen LogP contribution is -2.32. The number of nitrogens with one attached hydrogen (secondary N) is 2. The van der Waals surface area contributed by atoms with Crippen LogP contribution in [-0.2, 0) is 0 Å². The molecule has 0 spiro atoms. The van der Waals surface area contributed by atoms with Crippen molar-refractivity contribution in [1.29, 1.82) is 0 Å². The SMILES string of the molecule is O=C(NCCCN1CCCCCC1)Nc1ccccc1. The number of nitrogens with zero attached hydrogens (tertiary/aromatic N) is 1. The molecule has 2 rings (SSSR count). The highest BCUT2D eigenvalue weighted by Gasteiger charge is 2.08. The van der Waals surface area contributed by atoms with Crippen LogP contribution in [0.1, 0.15) is 32.1 Å². The molecule has 0 aliphatic carbocycles. The van der Waals surface area contributed by atoms with Crippen molar-refractivity contribution >= 4 is 11.7 Å². The number of benzene rings is 1. The first-order chi connectivity index (χ1) is 9.84. The van der Waals surface area contributed by atoms with Crippen LogP contribution >= 0.6 is 0 Å². The minimum Gasteiger partial charge on any atom is -0.338 e. The number of para-hydroxylation sites is 1. The van der Waals surface area contributed by atoms with Gasteiger partial charge in [0.2, 0.25) is 0 Å². The van der Waals surface area contributed by atoms with Gasteiger partial charge in [-0.1, -0.05) is 31.0 Å². The number of amides is 2. The topological polar surface area (TPSA) is 44.4 Å². The van der Waals surface area contributed by atoms with Crippen LogP contribution in [0.2, 0.25) is 0 Å². The summed E-state index contributed by atoms with van der Waals surface area (Å²) in [5, 5.41) is 5.74. The van der Waals surface area contributed by atoms with E-state index in [2.05, 4.69) is 15.5 Å². The number of rotatable bonds is 5. The van der Waals surface area contributed by atoms with Crippen LogP contribution in [0.15, 0.2) is 30.3 Å². The molecule has 20 heavy (non-hydrogen) atoms. The predicted octanol–water partition coefficient (Wildman–Crippen LogP) is 3.07. The van der Waals surface area contributed by atoms with Crippen molar-refractivity contribution < 1.29 is 4.79 Å². The van der Waals surface area contributed by atoms with E-state index in [1.54, 1.807) is 0 Å². The molecule has 2 amide bonds. The van der Waals surface area contributed by atoms with Crippen LogP contribution in [0, 0.1) is 0 Å². The van der Waals surface area contributed by atoms with Crippen molar-refractivity contribution in [3.05, 3.63) is 30.3 Å². The second-order valence-corrected chi connectivity index (χ2v) is 5.36. The zero-order valence-corrected chi connectivity index (χ0v) is 12.1. The lowest BCUT2D eigenvalue weighted by Gasteiger charge is -2.19. The van der Waals surface area contributed by atoms with E-state index in [0.29, 0.717) is 0 Å². The standard InChI is InChI=1S/C16H25N3O/c20-16(18-15-9-4-3-5-10-15)17-11-8-14-19-12-6-1-2-7-13-19/h3-5,9-10H,1-2,6-8,11-14H2,(H2,17,18,20). The van der Waals surface area contributed by atoms with E-state index in [1.165, 1.54) is 38.8 Å². The van der Waals surface area contributed by atoms with Crippen molar-refractivity contribution in [3.63, 3.8) is 0 Å². The minimum absolute atomic E-state index is 0.118. The average Bonchev–Trinajstić information content (AvgIpc) is 2.73. The Labute approximate surface area is 121 Å². The highest BCUT2D eigenvalue weighted by atomic mass is 16.2. The fourth-order valence-electron chi connectivity index (χ4n) is 2.56. The highest BCUT2D eigenvalue weighted by molar-refractivity contribution is 5.89. The summed E-state index contributed by atoms with van der Waals surface area (Å²) in [5.74, 6) is 0. The zero-order valence-electron chi connectivity index (χ0n) is 12.1. The van der Waals surface area contributed by atoms with E-state index in [1.807, 2.05) is 30.3 Å². The van der Waals surface area contributed by atoms with Crippen LogP contribution in [0.4, 0.5) is 10.5 Å². The average molecular weight is 275 g/mol. The third-order valence-electron chi connectivity index (χ3n) is 3.67. The van der Waals surface area contributed by atoms with Gasteiger partial charge in [-0.15, -0.1) is 0 Å². The maximum Gasteiger partial charge on any atom is 0.319 e. The lowest BCUT2D eigenvalue weighted by atomic mass is 10.2. The molecule has 1 saturated heterocycles. The van der Waals surface area contributed by atoms with Crippen molar-refractivity contribution in [2.75, 3.05) is 31.5 Å². The summed E-state index contributed by atoms with van der Waals surface area (Å²) in [6.07, 6.45) is 6.40. The number of likely N-dealkylation sites (tertiary alicyclic amines) is 1. The van der Waals surface area contributed by atoms with Gasteiger partial charge in [-0.05, 0) is 51.0 Å². The molecule has 1 heterocycles. The van der Waals surface area contributed by atoms with Gasteiger partial charge >= 0.3 is 6.03 Å². The van der Waals surface area contributed by atoms with Crippen molar-refractivity contribution in [2.45, 2.75) is 32.1 Å². The number of anilines is 1. The highest BCUT2D eigenvalue weighted by Crippen LogP contribution is 2.09. The number of hydrogen-bond donors (Lipinski definition) is 2. The quantitative estimate of drug-likeness (QED) is 0.811. The summed E-state index contributed by atoms with van der Waals surface area (Å²) in [6, 6.07) is 9.41. The Bertz CT molecular complexity index is 386. The Balaban J connectivity index is 1.57. The van der Waals surface area contributed by atoms with E-state index in [9.17, 15) is 4.79 Å². The Kier molecular flexibility index (Phi) is 6.38. The van der Waals surface area contributed by atoms with Gasteiger partial charge in [0.25, 0.3) is 0 Å². The molecule has 0 atom stereocenters. The van der Waals surface area contributed by atoms with E-state index in [-0.39, 0.29) is 6.03 Å². The maximum absolute atomic E-state index is 11.7. The second kappa shape index (κ2) is 8.59. The molecular weight excluding hydrogens is 250 g/mol. The monoisotopic (exact) mass is 275 g/mol. The normalized spacial score (nSPS) is 16.4. The van der Waals surface area contributed by atoms with Crippen LogP contribution in [-0.4, -0.2) is 37.1 Å². The molecular formula is C16H25N3O. The molecule has 0 unspecified atom stereocenters. The van der Waals surface area contributed by atoms with Crippen molar-refractivity contribution in [2.24, 2.45) is 0 Å². The first-order valence-electron chi connectivity index (χ1n) is 7.67. The van der Waals surface area contributed by atoms with E-state index < -0.39 is 0 Å². The van der Waals surface area contributed by atoms with E-state index in [0.717, 1.165) is 25.2 Å². The Hall–Kier alpha value is -1.55. The summed E-state index contributed by atoms with van der Waals surface area (Å²) < 4.78 is 0. The third kappa shape index (κ3) is 5.61. The number of hydrogen-bond acceptors (Lipinski definition) is 2. The van der Waals surface area contributed by atoms with Gasteiger partial charge in [-0.2, -0.15) is 0 Å². The smallest absolute Gasteiger partial charge is 0.319 e. The molecule has 2 N–H and O–H groups in total. The number of carbonyl (C=O) groups is 1. The summed E-state index contributed by atoms with van der Waals surface area (Å²) in [6.45, 7) is 4.26. The van der Waals surface area contributed by atoms with Gasteiger partial charge in [0.05, 0.1) is 0 Å². The first-order valence-corrected chi connectivity index (χ1v) is 7.67. The predicted molar refractivity (Wildman–Crippen MR) is 83.0 cm³/mol. The number of carbonyl (C=O) groups excluding carboxylic acids is 1. The Morgan fingerprint density at radius 2 is 1.75 bits per heavy atom. The van der Waals surface area contributed by atoms with Gasteiger partial charge < -0.3 is 15.5 Å². The number of urea groups is 1. The summed E-state index contributed by atoms with van der Waals surface area (Å²) in [4.78, 5) is 14.2. The minimum atomic E-state index is -0.118. The fraction of sp³-hybridized carbons (Fsp3) is 0.562. The lowest BCUT2D eigenvalue weighted by molar-refractivity contribution is 0.249. The van der Waals surface area contributed by atoms with Gasteiger partial charge in [0.1, 0.15) is 0 Å². The fourth-order valence-corrected chi connectivity index (χ4v) is 2.56. The molecule has 4 nitrogen and oxygen atoms in total. The van der Waals surface area contributed by atoms with Crippen molar-refractivity contribution in [3.8, 4) is 0 Å². The van der Waals surface area contributed by atoms with E-state index in [4.69, 9.17) is 0 Å². The molecule has 0 aromatic heterocycles. The Morgan fingerprint density at radius 3 is 2.45 bits per heavy atom. The molecule has 1 aromatic rings. The maximum atomic E-state index is 11.7. The van der Waals surface area contributed by atoms with Crippen LogP contribution in [0.5, 0.6) is 0 Å². The molecule has 1 aliphatic heterocycles. The molecule has 4 heteroatoms. The summed E-state index contributed by atoms with van der Waals surface area (Å²) in [5.41, 5.74) is 0.831. The van der Waals surface area contributed by atoms with Gasteiger partial charge in [0, 0.05) is 12.2 Å². The second-order valence-electron chi connectivity index (χ2n) is 5.36. The van der Waals surface area contributed by atoms with Gasteiger partial charge in [-0.25, -0.2) is 4.79 Å². The van der Waals surface area contributed by atoms with E-state index >= 15 is 0 Å². The molecule has 0 bridgehead atoms. The molecule has 110 valence electrons. The zero-order chi connectivity index (χ0) is 14.0. The summed E-state index contributed by atoms with van der Waals surface area (Å²) >= 11 is 0. The molecule has 0 radical (unpaired) electrons. The van der Waals surface area contributed by atoms with Gasteiger partial charge in [0.15, 0.2) is 0 Å².